The van der Waals surface area contributed by atoms with Gasteiger partial charge in [0.25, 0.3) is 5.91 Å². The summed E-state index contributed by atoms with van der Waals surface area (Å²) < 4.78 is 0. The molecule has 0 aromatic carbocycles. The predicted octanol–water partition coefficient (Wildman–Crippen LogP) is 0.0899. The number of likely N-dealkylation sites (N-methyl/N-ethyl adjacent to an activating group) is 1. The fourth-order valence-corrected chi connectivity index (χ4v) is 1.91. The summed E-state index contributed by atoms with van der Waals surface area (Å²) >= 11 is 0. The van der Waals surface area contributed by atoms with Crippen molar-refractivity contribution in [3.8, 4) is 5.75 Å². The summed E-state index contributed by atoms with van der Waals surface area (Å²) in [4.78, 5) is 30.7. The highest BCUT2D eigenvalue weighted by Gasteiger charge is 2.30. The van der Waals surface area contributed by atoms with Gasteiger partial charge < -0.3 is 14.9 Å². The quantitative estimate of drug-likeness (QED) is 0.765. The van der Waals surface area contributed by atoms with Gasteiger partial charge in [-0.1, -0.05) is 0 Å². The molecule has 0 saturated carbocycles. The lowest BCUT2D eigenvalue weighted by atomic mass is 10.1. The molecule has 1 aromatic heterocycles. The van der Waals surface area contributed by atoms with E-state index in [0.717, 1.165) is 0 Å². The van der Waals surface area contributed by atoms with Crippen LogP contribution in [-0.2, 0) is 4.79 Å². The van der Waals surface area contributed by atoms with Gasteiger partial charge in [-0.3, -0.25) is 14.6 Å². The van der Waals surface area contributed by atoms with Crippen molar-refractivity contribution in [2.75, 3.05) is 20.1 Å². The molecule has 1 aliphatic rings. The number of pyridine rings is 1. The van der Waals surface area contributed by atoms with Crippen LogP contribution < -0.4 is 0 Å². The fourth-order valence-electron chi connectivity index (χ4n) is 1.91. The number of hydrogen-bond donors (Lipinski definition) is 1. The number of rotatable bonds is 1. The zero-order valence-electron chi connectivity index (χ0n) is 10.3. The minimum atomic E-state index is -0.285. The van der Waals surface area contributed by atoms with Crippen LogP contribution in [0.2, 0.25) is 0 Å². The van der Waals surface area contributed by atoms with E-state index in [1.807, 2.05) is 6.92 Å². The first-order chi connectivity index (χ1) is 8.49. The summed E-state index contributed by atoms with van der Waals surface area (Å²) in [6.07, 6.45) is 2.64. The van der Waals surface area contributed by atoms with Crippen LogP contribution in [0.15, 0.2) is 18.5 Å². The number of aromatic hydroxyl groups is 1. The highest BCUT2D eigenvalue weighted by molar-refractivity contribution is 5.97. The number of amides is 2. The fraction of sp³-hybridized carbons (Fsp3) is 0.417. The minimum absolute atomic E-state index is 0.0135. The molecule has 96 valence electrons. The molecule has 6 heteroatoms. The molecule has 18 heavy (non-hydrogen) atoms. The average molecular weight is 249 g/mol. The Morgan fingerprint density at radius 1 is 1.50 bits per heavy atom. The van der Waals surface area contributed by atoms with Gasteiger partial charge in [-0.25, -0.2) is 0 Å². The third kappa shape index (κ3) is 2.27. The molecule has 1 saturated heterocycles. The molecule has 1 aliphatic heterocycles. The van der Waals surface area contributed by atoms with E-state index in [9.17, 15) is 14.7 Å². The molecular weight excluding hydrogens is 234 g/mol. The Bertz CT molecular complexity index is 489. The molecule has 2 heterocycles. The molecule has 1 aromatic rings. The van der Waals surface area contributed by atoms with Crippen LogP contribution >= 0.6 is 0 Å². The molecule has 0 aliphatic carbocycles. The van der Waals surface area contributed by atoms with Crippen LogP contribution in [0.25, 0.3) is 0 Å². The van der Waals surface area contributed by atoms with Crippen molar-refractivity contribution in [3.05, 3.63) is 24.0 Å². The summed E-state index contributed by atoms with van der Waals surface area (Å²) in [5.41, 5.74) is 0.291. The lowest BCUT2D eigenvalue weighted by Crippen LogP contribution is -2.55. The molecule has 6 nitrogen and oxygen atoms in total. The van der Waals surface area contributed by atoms with Gasteiger partial charge in [-0.05, 0) is 13.0 Å². The van der Waals surface area contributed by atoms with Crippen LogP contribution in [-0.4, -0.2) is 57.9 Å². The second kappa shape index (κ2) is 4.64. The van der Waals surface area contributed by atoms with Gasteiger partial charge in [0, 0.05) is 25.8 Å². The molecule has 0 radical (unpaired) electrons. The number of carbonyl (C=O) groups is 2. The van der Waals surface area contributed by atoms with Gasteiger partial charge in [0.1, 0.15) is 12.3 Å². The van der Waals surface area contributed by atoms with E-state index >= 15 is 0 Å². The summed E-state index contributed by atoms with van der Waals surface area (Å²) in [5.74, 6) is -0.434. The Morgan fingerprint density at radius 2 is 2.22 bits per heavy atom. The zero-order chi connectivity index (χ0) is 13.3. The van der Waals surface area contributed by atoms with Crippen molar-refractivity contribution in [3.63, 3.8) is 0 Å². The molecular formula is C12H15N3O3. The second-order valence-electron chi connectivity index (χ2n) is 4.47. The van der Waals surface area contributed by atoms with Gasteiger partial charge in [-0.2, -0.15) is 0 Å². The van der Waals surface area contributed by atoms with Crippen molar-refractivity contribution < 1.29 is 14.7 Å². The van der Waals surface area contributed by atoms with Crippen molar-refractivity contribution >= 4 is 11.8 Å². The van der Waals surface area contributed by atoms with E-state index in [4.69, 9.17) is 0 Å². The van der Waals surface area contributed by atoms with Crippen molar-refractivity contribution in [2.24, 2.45) is 0 Å². The monoisotopic (exact) mass is 249 g/mol. The van der Waals surface area contributed by atoms with E-state index < -0.39 is 0 Å². The number of hydrogen-bond acceptors (Lipinski definition) is 4. The molecule has 2 amide bonds. The Hall–Kier alpha value is -2.11. The van der Waals surface area contributed by atoms with Crippen LogP contribution in [0.4, 0.5) is 0 Å². The first-order valence-corrected chi connectivity index (χ1v) is 5.68. The molecule has 0 bridgehead atoms. The van der Waals surface area contributed by atoms with E-state index in [1.165, 1.54) is 23.4 Å². The molecule has 0 unspecified atom stereocenters. The maximum absolute atomic E-state index is 12.2. The first kappa shape index (κ1) is 12.3. The Labute approximate surface area is 105 Å². The summed E-state index contributed by atoms with van der Waals surface area (Å²) in [7, 11) is 1.73. The van der Waals surface area contributed by atoms with Gasteiger partial charge in [0.2, 0.25) is 5.91 Å². The van der Waals surface area contributed by atoms with Gasteiger partial charge in [0.05, 0.1) is 11.8 Å². The third-order valence-electron chi connectivity index (χ3n) is 3.12. The van der Waals surface area contributed by atoms with Crippen molar-refractivity contribution in [1.82, 2.24) is 14.8 Å². The third-order valence-corrected chi connectivity index (χ3v) is 3.12. The first-order valence-electron chi connectivity index (χ1n) is 5.68. The topological polar surface area (TPSA) is 73.7 Å². The Morgan fingerprint density at radius 3 is 2.83 bits per heavy atom. The maximum Gasteiger partial charge on any atom is 0.256 e. The van der Waals surface area contributed by atoms with E-state index in [2.05, 4.69) is 4.98 Å². The number of carbonyl (C=O) groups excluding carboxylic acids is 2. The lowest BCUT2D eigenvalue weighted by Gasteiger charge is -2.37. The minimum Gasteiger partial charge on any atom is -0.506 e. The molecule has 1 atom stereocenters. The largest absolute Gasteiger partial charge is 0.506 e. The standard InChI is InChI=1S/C12H15N3O3/c1-8-6-15(7-11(17)14(8)2)12(18)9-3-10(16)5-13-4-9/h3-5,8,16H,6-7H2,1-2H3/t8-/m0/s1. The second-order valence-corrected chi connectivity index (χ2v) is 4.47. The molecule has 2 rings (SSSR count). The number of aromatic nitrogens is 1. The van der Waals surface area contributed by atoms with Crippen molar-refractivity contribution in [1.29, 1.82) is 0 Å². The van der Waals surface area contributed by atoms with Crippen LogP contribution in [0.1, 0.15) is 17.3 Å². The normalized spacial score (nSPS) is 20.1. The SMILES string of the molecule is C[C@H]1CN(C(=O)c2cncc(O)c2)CC(=O)N1C. The van der Waals surface area contributed by atoms with E-state index in [0.29, 0.717) is 12.1 Å². The molecule has 1 N–H and O–H groups in total. The average Bonchev–Trinajstić information content (AvgIpc) is 2.34. The highest BCUT2D eigenvalue weighted by atomic mass is 16.3. The van der Waals surface area contributed by atoms with Crippen LogP contribution in [0.3, 0.4) is 0 Å². The lowest BCUT2D eigenvalue weighted by molar-refractivity contribution is -0.136. The van der Waals surface area contributed by atoms with Gasteiger partial charge in [0.15, 0.2) is 0 Å². The Balaban J connectivity index is 2.17. The van der Waals surface area contributed by atoms with E-state index in [-0.39, 0.29) is 30.2 Å². The zero-order valence-corrected chi connectivity index (χ0v) is 10.3. The van der Waals surface area contributed by atoms with Crippen LogP contribution in [0.5, 0.6) is 5.75 Å². The smallest absolute Gasteiger partial charge is 0.256 e. The number of piperazine rings is 1. The van der Waals surface area contributed by atoms with E-state index in [1.54, 1.807) is 11.9 Å². The summed E-state index contributed by atoms with van der Waals surface area (Å²) in [6.45, 7) is 2.43. The predicted molar refractivity (Wildman–Crippen MR) is 64.0 cm³/mol. The number of nitrogens with zero attached hydrogens (tertiary/aromatic N) is 3. The van der Waals surface area contributed by atoms with Crippen LogP contribution in [0, 0.1) is 0 Å². The van der Waals surface area contributed by atoms with Gasteiger partial charge >= 0.3 is 0 Å². The highest BCUT2D eigenvalue weighted by Crippen LogP contribution is 2.15. The summed E-state index contributed by atoms with van der Waals surface area (Å²) in [5, 5.41) is 9.30. The van der Waals surface area contributed by atoms with Gasteiger partial charge in [-0.15, -0.1) is 0 Å². The molecule has 1 fully saturated rings. The maximum atomic E-state index is 12.2. The van der Waals surface area contributed by atoms with Crippen molar-refractivity contribution in [2.45, 2.75) is 13.0 Å². The molecule has 0 spiro atoms. The summed E-state index contributed by atoms with van der Waals surface area (Å²) in [6, 6.07) is 1.34. The Kier molecular flexibility index (Phi) is 3.18.